The Kier molecular flexibility index (Phi) is 6.63. The zero-order chi connectivity index (χ0) is 18.2. The van der Waals surface area contributed by atoms with Gasteiger partial charge in [-0.05, 0) is 41.3 Å². The van der Waals surface area contributed by atoms with Gasteiger partial charge in [0.1, 0.15) is 19.0 Å². The number of benzene rings is 2. The van der Waals surface area contributed by atoms with Gasteiger partial charge in [0.05, 0.1) is 13.7 Å². The molecule has 26 heavy (non-hydrogen) atoms. The maximum absolute atomic E-state index is 13.6. The Hall–Kier alpha value is -2.37. The van der Waals surface area contributed by atoms with Crippen LogP contribution in [0.1, 0.15) is 16.0 Å². The molecule has 1 aromatic heterocycles. The van der Waals surface area contributed by atoms with Crippen LogP contribution in [0.2, 0.25) is 0 Å². The maximum atomic E-state index is 13.6. The number of hydrogen-bond donors (Lipinski definition) is 1. The third-order valence-electron chi connectivity index (χ3n) is 4.13. The van der Waals surface area contributed by atoms with Crippen molar-refractivity contribution in [3.8, 4) is 11.5 Å². The van der Waals surface area contributed by atoms with Gasteiger partial charge in [-0.3, -0.25) is 0 Å². The summed E-state index contributed by atoms with van der Waals surface area (Å²) in [5.74, 6) is 1.35. The predicted molar refractivity (Wildman–Crippen MR) is 102 cm³/mol. The van der Waals surface area contributed by atoms with Crippen LogP contribution in [-0.4, -0.2) is 13.7 Å². The summed E-state index contributed by atoms with van der Waals surface area (Å²) >= 11 is 1.67. The molecule has 1 heterocycles. The van der Waals surface area contributed by atoms with Crippen LogP contribution in [0.5, 0.6) is 11.5 Å². The third-order valence-corrected chi connectivity index (χ3v) is 4.98. The van der Waals surface area contributed by atoms with Crippen molar-refractivity contribution in [1.82, 2.24) is 0 Å². The molecule has 0 saturated heterocycles. The van der Waals surface area contributed by atoms with Gasteiger partial charge in [0.15, 0.2) is 11.5 Å². The Bertz CT molecular complexity index is 821. The average Bonchev–Trinajstić information content (AvgIpc) is 3.19. The Morgan fingerprint density at radius 1 is 1.04 bits per heavy atom. The Balaban J connectivity index is 1.51. The number of halogens is 1. The molecule has 3 aromatic rings. The molecule has 2 N–H and O–H groups in total. The predicted octanol–water partition coefficient (Wildman–Crippen LogP) is 3.78. The Morgan fingerprint density at radius 3 is 2.69 bits per heavy atom. The zero-order valence-corrected chi connectivity index (χ0v) is 15.6. The van der Waals surface area contributed by atoms with Crippen molar-refractivity contribution in [1.29, 1.82) is 0 Å². The number of ether oxygens (including phenoxy) is 2. The summed E-state index contributed by atoms with van der Waals surface area (Å²) in [6.07, 6.45) is 0.714. The lowest BCUT2D eigenvalue weighted by molar-refractivity contribution is -0.670. The lowest BCUT2D eigenvalue weighted by atomic mass is 10.1. The summed E-state index contributed by atoms with van der Waals surface area (Å²) in [6.45, 7) is 2.19. The fourth-order valence-corrected chi connectivity index (χ4v) is 3.35. The van der Waals surface area contributed by atoms with Gasteiger partial charge in [0.2, 0.25) is 0 Å². The molecule has 5 heteroatoms. The van der Waals surface area contributed by atoms with E-state index in [9.17, 15) is 4.39 Å². The number of rotatable bonds is 9. The van der Waals surface area contributed by atoms with E-state index < -0.39 is 0 Å². The molecule has 136 valence electrons. The summed E-state index contributed by atoms with van der Waals surface area (Å²) in [7, 11) is 1.65. The summed E-state index contributed by atoms with van der Waals surface area (Å²) in [5.41, 5.74) is 1.91. The first-order valence-electron chi connectivity index (χ1n) is 8.63. The van der Waals surface area contributed by atoms with Gasteiger partial charge >= 0.3 is 0 Å². The highest BCUT2D eigenvalue weighted by molar-refractivity contribution is 7.09. The van der Waals surface area contributed by atoms with Crippen molar-refractivity contribution in [2.24, 2.45) is 0 Å². The summed E-state index contributed by atoms with van der Waals surface area (Å²) in [5, 5.41) is 4.21. The SMILES string of the molecule is COc1cc(C[NH2+]CCc2ccccc2F)ccc1OCc1cccs1. The fraction of sp³-hybridized carbons (Fsp3) is 0.238. The lowest BCUT2D eigenvalue weighted by Crippen LogP contribution is -2.83. The highest BCUT2D eigenvalue weighted by Gasteiger charge is 2.08. The van der Waals surface area contributed by atoms with Crippen molar-refractivity contribution < 1.29 is 19.2 Å². The molecule has 0 spiro atoms. The van der Waals surface area contributed by atoms with Crippen molar-refractivity contribution in [3.05, 3.63) is 81.8 Å². The topological polar surface area (TPSA) is 35.1 Å². The van der Waals surface area contributed by atoms with Crippen LogP contribution in [0.15, 0.2) is 60.0 Å². The highest BCUT2D eigenvalue weighted by atomic mass is 32.1. The molecule has 0 atom stereocenters. The average molecular weight is 372 g/mol. The molecule has 0 aliphatic rings. The van der Waals surface area contributed by atoms with E-state index in [1.54, 1.807) is 24.5 Å². The molecule has 0 bridgehead atoms. The van der Waals surface area contributed by atoms with Crippen LogP contribution in [0.3, 0.4) is 0 Å². The second kappa shape index (κ2) is 9.36. The Morgan fingerprint density at radius 2 is 1.92 bits per heavy atom. The number of methoxy groups -OCH3 is 1. The van der Waals surface area contributed by atoms with Crippen molar-refractivity contribution in [3.63, 3.8) is 0 Å². The van der Waals surface area contributed by atoms with Gasteiger partial charge in [0, 0.05) is 16.9 Å². The number of hydrogen-bond acceptors (Lipinski definition) is 3. The standard InChI is InChI=1S/C21H22FNO2S/c1-24-21-13-16(8-9-20(21)25-15-18-6-4-12-26-18)14-23-11-10-17-5-2-3-7-19(17)22/h2-9,12-13,23H,10-11,14-15H2,1H3/p+1. The van der Waals surface area contributed by atoms with E-state index in [4.69, 9.17) is 9.47 Å². The molecule has 3 nitrogen and oxygen atoms in total. The van der Waals surface area contributed by atoms with Crippen LogP contribution in [0.25, 0.3) is 0 Å². The van der Waals surface area contributed by atoms with Gasteiger partial charge in [-0.1, -0.05) is 24.3 Å². The minimum Gasteiger partial charge on any atom is -0.493 e. The largest absolute Gasteiger partial charge is 0.493 e. The van der Waals surface area contributed by atoms with Gasteiger partial charge in [-0.15, -0.1) is 11.3 Å². The second-order valence-electron chi connectivity index (χ2n) is 5.98. The minimum atomic E-state index is -0.130. The molecule has 0 fully saturated rings. The van der Waals surface area contributed by atoms with Crippen molar-refractivity contribution >= 4 is 11.3 Å². The molecule has 0 amide bonds. The zero-order valence-electron chi connectivity index (χ0n) is 14.8. The summed E-state index contributed by atoms with van der Waals surface area (Å²) < 4.78 is 24.9. The molecule has 0 saturated carbocycles. The van der Waals surface area contributed by atoms with E-state index in [-0.39, 0.29) is 5.82 Å². The van der Waals surface area contributed by atoms with E-state index in [0.717, 1.165) is 35.7 Å². The quantitative estimate of drug-likeness (QED) is 0.580. The maximum Gasteiger partial charge on any atom is 0.161 e. The smallest absolute Gasteiger partial charge is 0.161 e. The molecule has 0 unspecified atom stereocenters. The summed E-state index contributed by atoms with van der Waals surface area (Å²) in [4.78, 5) is 1.18. The van der Waals surface area contributed by atoms with E-state index >= 15 is 0 Å². The van der Waals surface area contributed by atoms with Gasteiger partial charge in [-0.25, -0.2) is 4.39 Å². The monoisotopic (exact) mass is 372 g/mol. The number of quaternary nitrogens is 1. The molecule has 0 radical (unpaired) electrons. The first kappa shape index (κ1) is 18.4. The number of thiophene rings is 1. The van der Waals surface area contributed by atoms with Crippen molar-refractivity contribution in [2.75, 3.05) is 13.7 Å². The molecular formula is C21H23FNO2S+. The fourth-order valence-electron chi connectivity index (χ4n) is 2.73. The molecule has 3 rings (SSSR count). The van der Waals surface area contributed by atoms with Crippen LogP contribution in [-0.2, 0) is 19.6 Å². The van der Waals surface area contributed by atoms with Gasteiger partial charge in [-0.2, -0.15) is 0 Å². The second-order valence-corrected chi connectivity index (χ2v) is 7.01. The normalized spacial score (nSPS) is 10.7. The first-order valence-corrected chi connectivity index (χ1v) is 9.51. The summed E-state index contributed by atoms with van der Waals surface area (Å²) in [6, 6.07) is 17.0. The van der Waals surface area contributed by atoms with E-state index in [0.29, 0.717) is 13.0 Å². The lowest BCUT2D eigenvalue weighted by Gasteiger charge is -2.11. The van der Waals surface area contributed by atoms with E-state index in [1.807, 2.05) is 41.8 Å². The molecule has 2 aromatic carbocycles. The minimum absolute atomic E-state index is 0.130. The first-order chi connectivity index (χ1) is 12.8. The van der Waals surface area contributed by atoms with Gasteiger partial charge < -0.3 is 14.8 Å². The van der Waals surface area contributed by atoms with Crippen LogP contribution in [0, 0.1) is 5.82 Å². The van der Waals surface area contributed by atoms with Crippen molar-refractivity contribution in [2.45, 2.75) is 19.6 Å². The Labute approximate surface area is 157 Å². The molecule has 0 aliphatic heterocycles. The van der Waals surface area contributed by atoms with Crippen LogP contribution < -0.4 is 14.8 Å². The highest BCUT2D eigenvalue weighted by Crippen LogP contribution is 2.29. The third kappa shape index (κ3) is 5.07. The van der Waals surface area contributed by atoms with Gasteiger partial charge in [0.25, 0.3) is 0 Å². The van der Waals surface area contributed by atoms with E-state index in [2.05, 4.69) is 11.4 Å². The molecule has 0 aliphatic carbocycles. The number of nitrogens with two attached hydrogens (primary N) is 1. The van der Waals surface area contributed by atoms with E-state index in [1.165, 1.54) is 10.9 Å². The van der Waals surface area contributed by atoms with Crippen LogP contribution in [0.4, 0.5) is 4.39 Å². The molecular weight excluding hydrogens is 349 g/mol. The van der Waals surface area contributed by atoms with Crippen LogP contribution >= 0.6 is 11.3 Å².